The Bertz CT molecular complexity index is 645. The fourth-order valence-electron chi connectivity index (χ4n) is 1.48. The number of hydrogen-bond donors (Lipinski definition) is 1. The average molecular weight is 314 g/mol. The van der Waals surface area contributed by atoms with Crippen molar-refractivity contribution in [2.75, 3.05) is 6.61 Å². The van der Waals surface area contributed by atoms with Crippen LogP contribution in [0.25, 0.3) is 11.0 Å². The summed E-state index contributed by atoms with van der Waals surface area (Å²) in [5.74, 6) is -0.356. The Kier molecular flexibility index (Phi) is 3.63. The molecular weight excluding hydrogens is 302 g/mol. The molecule has 0 aliphatic heterocycles. The minimum absolute atomic E-state index is 0.0513. The van der Waals surface area contributed by atoms with Crippen LogP contribution < -0.4 is 5.56 Å². The molecule has 2 heterocycles. The highest BCUT2D eigenvalue weighted by Gasteiger charge is 2.14. The van der Waals surface area contributed by atoms with Gasteiger partial charge in [0.05, 0.1) is 11.5 Å². The molecule has 0 bridgehead atoms. The standard InChI is InChI=1S/C11H12BrN3O3/c1-6(2)18-5-9(16)15-10-8(11(17)14-15)3-7(12)4-13-10/h3-4,6H,5H2,1-2H3,(H,14,17). The predicted molar refractivity (Wildman–Crippen MR) is 69.8 cm³/mol. The Hall–Kier alpha value is -1.47. The molecule has 7 heteroatoms. The molecule has 96 valence electrons. The lowest BCUT2D eigenvalue weighted by atomic mass is 10.3. The second kappa shape index (κ2) is 5.03. The van der Waals surface area contributed by atoms with Crippen LogP contribution in [0.2, 0.25) is 0 Å². The van der Waals surface area contributed by atoms with Crippen LogP contribution in [-0.2, 0) is 4.74 Å². The number of aromatic nitrogens is 3. The summed E-state index contributed by atoms with van der Waals surface area (Å²) in [5, 5.41) is 2.81. The first-order valence-corrected chi connectivity index (χ1v) is 6.19. The number of hydrogen-bond acceptors (Lipinski definition) is 4. The third kappa shape index (κ3) is 2.51. The van der Waals surface area contributed by atoms with Crippen LogP contribution >= 0.6 is 15.9 Å². The Labute approximate surface area is 111 Å². The molecule has 0 amide bonds. The Balaban J connectivity index is 2.40. The number of carbonyl (C=O) groups excluding carboxylic acids is 1. The van der Waals surface area contributed by atoms with Crippen LogP contribution in [0.1, 0.15) is 18.6 Å². The summed E-state index contributed by atoms with van der Waals surface area (Å²) in [6, 6.07) is 1.62. The molecule has 0 radical (unpaired) electrons. The van der Waals surface area contributed by atoms with E-state index in [-0.39, 0.29) is 24.2 Å². The largest absolute Gasteiger partial charge is 0.369 e. The number of halogens is 1. The van der Waals surface area contributed by atoms with Crippen LogP contribution in [0.4, 0.5) is 0 Å². The van der Waals surface area contributed by atoms with Crippen molar-refractivity contribution >= 4 is 32.9 Å². The van der Waals surface area contributed by atoms with E-state index >= 15 is 0 Å². The number of aromatic amines is 1. The average Bonchev–Trinajstić information content (AvgIpc) is 2.63. The predicted octanol–water partition coefficient (Wildman–Crippen LogP) is 1.55. The van der Waals surface area contributed by atoms with Gasteiger partial charge in [-0.05, 0) is 35.8 Å². The van der Waals surface area contributed by atoms with Crippen molar-refractivity contribution in [3.8, 4) is 0 Å². The lowest BCUT2D eigenvalue weighted by Gasteiger charge is -2.06. The number of fused-ring (bicyclic) bond motifs is 1. The van der Waals surface area contributed by atoms with Crippen LogP contribution in [0.3, 0.4) is 0 Å². The second-order valence-corrected chi connectivity index (χ2v) is 4.97. The molecule has 0 spiro atoms. The van der Waals surface area contributed by atoms with Gasteiger partial charge < -0.3 is 4.74 Å². The SMILES string of the molecule is CC(C)OCC(=O)n1[nH]c(=O)c2cc(Br)cnc21. The van der Waals surface area contributed by atoms with E-state index in [0.29, 0.717) is 15.5 Å². The number of ether oxygens (including phenoxy) is 1. The number of nitrogens with one attached hydrogen (secondary N) is 1. The zero-order valence-corrected chi connectivity index (χ0v) is 11.5. The van der Waals surface area contributed by atoms with Gasteiger partial charge in [-0.2, -0.15) is 4.68 Å². The molecular formula is C11H12BrN3O3. The molecule has 1 N–H and O–H groups in total. The van der Waals surface area contributed by atoms with Crippen molar-refractivity contribution in [1.29, 1.82) is 0 Å². The Morgan fingerprint density at radius 3 is 3.00 bits per heavy atom. The van der Waals surface area contributed by atoms with Gasteiger partial charge in [0, 0.05) is 10.7 Å². The maximum absolute atomic E-state index is 11.9. The molecule has 0 aliphatic carbocycles. The monoisotopic (exact) mass is 313 g/mol. The van der Waals surface area contributed by atoms with Gasteiger partial charge in [0.2, 0.25) is 0 Å². The molecule has 0 saturated carbocycles. The zero-order valence-electron chi connectivity index (χ0n) is 9.94. The fraction of sp³-hybridized carbons (Fsp3) is 0.364. The molecule has 0 atom stereocenters. The van der Waals surface area contributed by atoms with Gasteiger partial charge >= 0.3 is 0 Å². The van der Waals surface area contributed by atoms with Gasteiger partial charge in [-0.1, -0.05) is 0 Å². The fourth-order valence-corrected chi connectivity index (χ4v) is 1.81. The van der Waals surface area contributed by atoms with Crippen molar-refractivity contribution in [3.05, 3.63) is 27.1 Å². The Morgan fingerprint density at radius 2 is 2.33 bits per heavy atom. The minimum Gasteiger partial charge on any atom is -0.369 e. The van der Waals surface area contributed by atoms with E-state index in [1.54, 1.807) is 6.07 Å². The number of pyridine rings is 1. The molecule has 0 saturated heterocycles. The molecule has 0 fully saturated rings. The van der Waals surface area contributed by atoms with E-state index in [1.807, 2.05) is 13.8 Å². The van der Waals surface area contributed by atoms with Gasteiger partial charge in [-0.25, -0.2) is 4.98 Å². The summed E-state index contributed by atoms with van der Waals surface area (Å²) >= 11 is 3.23. The van der Waals surface area contributed by atoms with Gasteiger partial charge in [-0.15, -0.1) is 0 Å². The lowest BCUT2D eigenvalue weighted by Crippen LogP contribution is -2.22. The number of nitrogens with zero attached hydrogens (tertiary/aromatic N) is 2. The van der Waals surface area contributed by atoms with Crippen LogP contribution in [-0.4, -0.2) is 33.4 Å². The maximum Gasteiger partial charge on any atom is 0.274 e. The Morgan fingerprint density at radius 1 is 1.61 bits per heavy atom. The molecule has 0 aliphatic rings. The first-order valence-electron chi connectivity index (χ1n) is 5.40. The summed E-state index contributed by atoms with van der Waals surface area (Å²) < 4.78 is 7.01. The highest BCUT2D eigenvalue weighted by Crippen LogP contribution is 2.13. The van der Waals surface area contributed by atoms with E-state index in [2.05, 4.69) is 26.0 Å². The van der Waals surface area contributed by atoms with Gasteiger partial charge in [-0.3, -0.25) is 14.7 Å². The van der Waals surface area contributed by atoms with E-state index < -0.39 is 0 Å². The molecule has 0 aromatic carbocycles. The van der Waals surface area contributed by atoms with Crippen molar-refractivity contribution in [2.45, 2.75) is 20.0 Å². The third-order valence-corrected chi connectivity index (χ3v) is 2.73. The molecule has 18 heavy (non-hydrogen) atoms. The van der Waals surface area contributed by atoms with E-state index in [9.17, 15) is 9.59 Å². The van der Waals surface area contributed by atoms with Crippen LogP contribution in [0, 0.1) is 0 Å². The smallest absolute Gasteiger partial charge is 0.274 e. The first kappa shape index (κ1) is 13.0. The first-order chi connectivity index (χ1) is 8.49. The van der Waals surface area contributed by atoms with Gasteiger partial charge in [0.15, 0.2) is 5.65 Å². The van der Waals surface area contributed by atoms with Gasteiger partial charge in [0.1, 0.15) is 6.61 Å². The van der Waals surface area contributed by atoms with Crippen LogP contribution in [0.15, 0.2) is 21.5 Å². The lowest BCUT2D eigenvalue weighted by molar-refractivity contribution is 0.0502. The summed E-state index contributed by atoms with van der Waals surface area (Å²) in [7, 11) is 0. The van der Waals surface area contributed by atoms with E-state index in [0.717, 1.165) is 4.68 Å². The molecule has 2 rings (SSSR count). The quantitative estimate of drug-likeness (QED) is 0.932. The number of rotatable bonds is 3. The normalized spacial score (nSPS) is 11.3. The van der Waals surface area contributed by atoms with Crippen molar-refractivity contribution in [3.63, 3.8) is 0 Å². The molecule has 2 aromatic heterocycles. The number of H-pyrrole nitrogens is 1. The van der Waals surface area contributed by atoms with E-state index in [4.69, 9.17) is 4.74 Å². The molecule has 6 nitrogen and oxygen atoms in total. The third-order valence-electron chi connectivity index (χ3n) is 2.29. The van der Waals surface area contributed by atoms with Crippen molar-refractivity contribution < 1.29 is 9.53 Å². The van der Waals surface area contributed by atoms with E-state index in [1.165, 1.54) is 6.20 Å². The summed E-state index contributed by atoms with van der Waals surface area (Å²) in [5.41, 5.74) is -0.0442. The zero-order chi connectivity index (χ0) is 13.3. The second-order valence-electron chi connectivity index (χ2n) is 4.05. The van der Waals surface area contributed by atoms with Crippen molar-refractivity contribution in [2.24, 2.45) is 0 Å². The highest BCUT2D eigenvalue weighted by molar-refractivity contribution is 9.10. The van der Waals surface area contributed by atoms with Gasteiger partial charge in [0.25, 0.3) is 11.5 Å². The summed E-state index contributed by atoms with van der Waals surface area (Å²) in [4.78, 5) is 27.6. The molecule has 2 aromatic rings. The van der Waals surface area contributed by atoms with Crippen molar-refractivity contribution in [1.82, 2.24) is 14.8 Å². The maximum atomic E-state index is 11.9. The summed E-state index contributed by atoms with van der Waals surface area (Å²) in [6.45, 7) is 3.56. The number of carbonyl (C=O) groups is 1. The minimum atomic E-state index is -0.356. The summed E-state index contributed by atoms with van der Waals surface area (Å²) in [6.07, 6.45) is 1.48. The highest BCUT2D eigenvalue weighted by atomic mass is 79.9. The topological polar surface area (TPSA) is 77.0 Å². The molecule has 0 unspecified atom stereocenters. The van der Waals surface area contributed by atoms with Crippen LogP contribution in [0.5, 0.6) is 0 Å².